The van der Waals surface area contributed by atoms with E-state index in [1.165, 1.54) is 12.1 Å². The zero-order valence-corrected chi connectivity index (χ0v) is 11.7. The van der Waals surface area contributed by atoms with Crippen molar-refractivity contribution in [3.8, 4) is 0 Å². The molecule has 0 spiro atoms. The maximum atomic E-state index is 13.0. The van der Waals surface area contributed by atoms with E-state index in [-0.39, 0.29) is 12.6 Å². The summed E-state index contributed by atoms with van der Waals surface area (Å²) in [6.45, 7) is 2.57. The van der Waals surface area contributed by atoms with Crippen molar-refractivity contribution in [2.75, 3.05) is 26.8 Å². The van der Waals surface area contributed by atoms with E-state index in [0.29, 0.717) is 23.7 Å². The second-order valence-electron chi connectivity index (χ2n) is 4.20. The van der Waals surface area contributed by atoms with Gasteiger partial charge in [0.05, 0.1) is 13.2 Å². The number of ether oxygens (including phenoxy) is 1. The average Bonchev–Trinajstić information content (AvgIpc) is 2.33. The van der Waals surface area contributed by atoms with Gasteiger partial charge in [-0.1, -0.05) is 17.7 Å². The summed E-state index contributed by atoms with van der Waals surface area (Å²) < 4.78 is 18.0. The molecule has 1 rings (SSSR count). The van der Waals surface area contributed by atoms with E-state index >= 15 is 0 Å². The molecule has 0 bridgehead atoms. The van der Waals surface area contributed by atoms with Crippen molar-refractivity contribution in [3.63, 3.8) is 0 Å². The Morgan fingerprint density at radius 3 is 2.79 bits per heavy atom. The number of aliphatic carboxylic acids is 1. The van der Waals surface area contributed by atoms with Crippen LogP contribution in [0.15, 0.2) is 18.2 Å². The van der Waals surface area contributed by atoms with E-state index in [1.54, 1.807) is 18.1 Å². The maximum absolute atomic E-state index is 13.0. The van der Waals surface area contributed by atoms with Crippen LogP contribution < -0.4 is 0 Å². The number of carboxylic acid groups (broad SMARTS) is 1. The van der Waals surface area contributed by atoms with Gasteiger partial charge in [0.15, 0.2) is 0 Å². The Morgan fingerprint density at radius 1 is 1.58 bits per heavy atom. The Balaban J connectivity index is 2.90. The minimum absolute atomic E-state index is 0.127. The molecule has 0 aliphatic carbocycles. The van der Waals surface area contributed by atoms with Crippen LogP contribution in [0.2, 0.25) is 5.02 Å². The lowest BCUT2D eigenvalue weighted by atomic mass is 10.1. The Kier molecular flexibility index (Phi) is 6.21. The van der Waals surface area contributed by atoms with Crippen molar-refractivity contribution >= 4 is 17.6 Å². The first-order valence-electron chi connectivity index (χ1n) is 5.85. The quantitative estimate of drug-likeness (QED) is 0.838. The fraction of sp³-hybridized carbons (Fsp3) is 0.462. The smallest absolute Gasteiger partial charge is 0.317 e. The molecule has 0 aliphatic rings. The first-order valence-corrected chi connectivity index (χ1v) is 6.23. The number of nitrogens with zero attached hydrogens (tertiary/aromatic N) is 1. The Hall–Kier alpha value is -1.17. The molecule has 0 radical (unpaired) electrons. The van der Waals surface area contributed by atoms with Crippen molar-refractivity contribution in [3.05, 3.63) is 34.6 Å². The first kappa shape index (κ1) is 15.9. The van der Waals surface area contributed by atoms with Crippen molar-refractivity contribution in [2.45, 2.75) is 13.0 Å². The standard InChI is InChI=1S/C13H17ClFNO3/c1-9(11-4-3-10(15)7-12(11)14)16(5-6-19-2)8-13(17)18/h3-4,7,9H,5-6,8H2,1-2H3,(H,17,18). The molecule has 1 atom stereocenters. The third-order valence-corrected chi connectivity index (χ3v) is 3.21. The highest BCUT2D eigenvalue weighted by Crippen LogP contribution is 2.27. The van der Waals surface area contributed by atoms with Crippen LogP contribution in [0.4, 0.5) is 4.39 Å². The van der Waals surface area contributed by atoms with Crippen LogP contribution >= 0.6 is 11.6 Å². The van der Waals surface area contributed by atoms with Crippen LogP contribution in [-0.2, 0) is 9.53 Å². The molecule has 0 aromatic heterocycles. The third kappa shape index (κ3) is 4.78. The zero-order chi connectivity index (χ0) is 14.4. The minimum atomic E-state index is -0.929. The van der Waals surface area contributed by atoms with Crippen LogP contribution in [0.5, 0.6) is 0 Å². The molecule has 4 nitrogen and oxygen atoms in total. The molecular weight excluding hydrogens is 273 g/mol. The van der Waals surface area contributed by atoms with Gasteiger partial charge in [-0.05, 0) is 24.6 Å². The predicted molar refractivity (Wildman–Crippen MR) is 70.9 cm³/mol. The summed E-state index contributed by atoms with van der Waals surface area (Å²) in [6, 6.07) is 3.87. The first-order chi connectivity index (χ1) is 8.95. The molecular formula is C13H17ClFNO3. The molecule has 1 aromatic carbocycles. The maximum Gasteiger partial charge on any atom is 0.317 e. The number of methoxy groups -OCH3 is 1. The van der Waals surface area contributed by atoms with Gasteiger partial charge in [-0.15, -0.1) is 0 Å². The highest BCUT2D eigenvalue weighted by Gasteiger charge is 2.20. The number of benzene rings is 1. The molecule has 0 saturated heterocycles. The lowest BCUT2D eigenvalue weighted by Crippen LogP contribution is -2.35. The number of rotatable bonds is 7. The molecule has 1 N–H and O–H groups in total. The summed E-state index contributed by atoms with van der Waals surface area (Å²) in [5, 5.41) is 9.21. The van der Waals surface area contributed by atoms with Crippen molar-refractivity contribution in [1.29, 1.82) is 0 Å². The predicted octanol–water partition coefficient (Wildman–Crippen LogP) is 2.57. The summed E-state index contributed by atoms with van der Waals surface area (Å²) in [5.74, 6) is -1.34. The van der Waals surface area contributed by atoms with Crippen molar-refractivity contribution in [2.24, 2.45) is 0 Å². The number of hydrogen-bond acceptors (Lipinski definition) is 3. The Labute approximate surface area is 116 Å². The highest BCUT2D eigenvalue weighted by atomic mass is 35.5. The molecule has 0 saturated carbocycles. The molecule has 19 heavy (non-hydrogen) atoms. The van der Waals surface area contributed by atoms with E-state index < -0.39 is 11.8 Å². The van der Waals surface area contributed by atoms with Crippen LogP contribution in [0, 0.1) is 5.82 Å². The summed E-state index contributed by atoms with van der Waals surface area (Å²) in [7, 11) is 1.55. The SMILES string of the molecule is COCCN(CC(=O)O)C(C)c1ccc(F)cc1Cl. The monoisotopic (exact) mass is 289 g/mol. The highest BCUT2D eigenvalue weighted by molar-refractivity contribution is 6.31. The van der Waals surface area contributed by atoms with Gasteiger partial charge >= 0.3 is 5.97 Å². The van der Waals surface area contributed by atoms with E-state index in [2.05, 4.69) is 0 Å². The molecule has 6 heteroatoms. The third-order valence-electron chi connectivity index (χ3n) is 2.88. The van der Waals surface area contributed by atoms with Gasteiger partial charge in [0.1, 0.15) is 5.82 Å². The van der Waals surface area contributed by atoms with Gasteiger partial charge in [0.2, 0.25) is 0 Å². The van der Waals surface area contributed by atoms with Gasteiger partial charge in [-0.3, -0.25) is 9.69 Å². The summed E-state index contributed by atoms with van der Waals surface area (Å²) in [4.78, 5) is 12.6. The second kappa shape index (κ2) is 7.43. The van der Waals surface area contributed by atoms with E-state index in [9.17, 15) is 9.18 Å². The van der Waals surface area contributed by atoms with E-state index in [1.807, 2.05) is 6.92 Å². The largest absolute Gasteiger partial charge is 0.480 e. The van der Waals surface area contributed by atoms with E-state index in [0.717, 1.165) is 0 Å². The van der Waals surface area contributed by atoms with Crippen molar-refractivity contribution in [1.82, 2.24) is 4.90 Å². The Bertz CT molecular complexity index is 442. The molecule has 0 aliphatic heterocycles. The molecule has 0 fully saturated rings. The van der Waals surface area contributed by atoms with Crippen LogP contribution in [-0.4, -0.2) is 42.8 Å². The molecule has 1 unspecified atom stereocenters. The summed E-state index contributed by atoms with van der Waals surface area (Å²) in [6.07, 6.45) is 0. The summed E-state index contributed by atoms with van der Waals surface area (Å²) >= 11 is 5.99. The fourth-order valence-electron chi connectivity index (χ4n) is 1.83. The fourth-order valence-corrected chi connectivity index (χ4v) is 2.15. The Morgan fingerprint density at radius 2 is 2.26 bits per heavy atom. The molecule has 0 heterocycles. The number of hydrogen-bond donors (Lipinski definition) is 1. The molecule has 106 valence electrons. The zero-order valence-electron chi connectivity index (χ0n) is 10.9. The minimum Gasteiger partial charge on any atom is -0.480 e. The van der Waals surface area contributed by atoms with Gasteiger partial charge < -0.3 is 9.84 Å². The van der Waals surface area contributed by atoms with Crippen LogP contribution in [0.3, 0.4) is 0 Å². The number of carbonyl (C=O) groups is 1. The van der Waals surface area contributed by atoms with Gasteiger partial charge in [0, 0.05) is 24.7 Å². The summed E-state index contributed by atoms with van der Waals surface area (Å²) in [5.41, 5.74) is 0.695. The molecule has 0 amide bonds. The van der Waals surface area contributed by atoms with Crippen LogP contribution in [0.1, 0.15) is 18.5 Å². The van der Waals surface area contributed by atoms with E-state index in [4.69, 9.17) is 21.4 Å². The van der Waals surface area contributed by atoms with Gasteiger partial charge in [0.25, 0.3) is 0 Å². The van der Waals surface area contributed by atoms with Crippen LogP contribution in [0.25, 0.3) is 0 Å². The van der Waals surface area contributed by atoms with Crippen molar-refractivity contribution < 1.29 is 19.0 Å². The second-order valence-corrected chi connectivity index (χ2v) is 4.61. The lowest BCUT2D eigenvalue weighted by Gasteiger charge is -2.28. The van der Waals surface area contributed by atoms with Gasteiger partial charge in [-0.2, -0.15) is 0 Å². The van der Waals surface area contributed by atoms with Gasteiger partial charge in [-0.25, -0.2) is 4.39 Å². The normalized spacial score (nSPS) is 12.7. The lowest BCUT2D eigenvalue weighted by molar-refractivity contribution is -0.139. The number of carboxylic acids is 1. The molecule has 1 aromatic rings. The average molecular weight is 290 g/mol. The number of halogens is 2. The topological polar surface area (TPSA) is 49.8 Å².